The Morgan fingerprint density at radius 3 is 2.64 bits per heavy atom. The zero-order valence-electron chi connectivity index (χ0n) is 21.3. The van der Waals surface area contributed by atoms with Gasteiger partial charge in [-0.25, -0.2) is 0 Å². The molecule has 0 saturated carbocycles. The van der Waals surface area contributed by atoms with E-state index in [1.54, 1.807) is 24.0 Å². The van der Waals surface area contributed by atoms with E-state index in [4.69, 9.17) is 14.2 Å². The van der Waals surface area contributed by atoms with Crippen molar-refractivity contribution >= 4 is 22.7 Å². The maximum absolute atomic E-state index is 13.9. The Bertz CT molecular complexity index is 1300. The highest BCUT2D eigenvalue weighted by Gasteiger charge is 2.56. The first-order valence-electron chi connectivity index (χ1n) is 12.4. The molecule has 0 bridgehead atoms. The van der Waals surface area contributed by atoms with Crippen LogP contribution in [0, 0.1) is 0 Å². The Balaban J connectivity index is 1.66. The number of aromatic nitrogens is 1. The van der Waals surface area contributed by atoms with Gasteiger partial charge in [0.25, 0.3) is 5.91 Å². The molecule has 1 N–H and O–H groups in total. The molecular weight excluding hydrogens is 458 g/mol. The number of H-pyrrole nitrogens is 1. The van der Waals surface area contributed by atoms with Crippen molar-refractivity contribution < 1.29 is 23.8 Å². The summed E-state index contributed by atoms with van der Waals surface area (Å²) in [6.07, 6.45) is 0.900. The second kappa shape index (κ2) is 9.50. The highest BCUT2D eigenvalue weighted by Crippen LogP contribution is 2.48. The number of hydrogen-bond donors (Lipinski definition) is 1. The van der Waals surface area contributed by atoms with Crippen molar-refractivity contribution in [2.45, 2.75) is 31.7 Å². The average Bonchev–Trinajstić information content (AvgIpc) is 3.29. The van der Waals surface area contributed by atoms with Crippen LogP contribution in [0.15, 0.2) is 42.5 Å². The van der Waals surface area contributed by atoms with Crippen LogP contribution in [-0.2, 0) is 19.9 Å². The lowest BCUT2D eigenvalue weighted by Gasteiger charge is -2.51. The van der Waals surface area contributed by atoms with Gasteiger partial charge < -0.3 is 29.0 Å². The molecule has 2 aliphatic rings. The number of methoxy groups -OCH3 is 2. The van der Waals surface area contributed by atoms with Crippen molar-refractivity contribution in [3.05, 3.63) is 59.3 Å². The standard InChI is InChI=1S/C28H33N3O5/c1-5-13-36-22-11-10-18(15-23(22)35-4)20-16-31-24(32)17-30(12-14-34-3)27(33)28(31,2)26-25(20)19-8-6-7-9-21(19)29-26/h6-11,15,20,29H,5,12-14,16-17H2,1-4H3/t20-,28+/m1/s1. The number of carbonyl (C=O) groups excluding carboxylic acids is 2. The molecular formula is C28H33N3O5. The lowest BCUT2D eigenvalue weighted by atomic mass is 9.76. The first-order chi connectivity index (χ1) is 17.4. The van der Waals surface area contributed by atoms with Gasteiger partial charge in [-0.2, -0.15) is 0 Å². The third-order valence-electron chi connectivity index (χ3n) is 7.43. The molecule has 36 heavy (non-hydrogen) atoms. The zero-order chi connectivity index (χ0) is 25.4. The molecule has 0 spiro atoms. The zero-order valence-corrected chi connectivity index (χ0v) is 21.3. The van der Waals surface area contributed by atoms with Gasteiger partial charge in [-0.1, -0.05) is 31.2 Å². The summed E-state index contributed by atoms with van der Waals surface area (Å²) in [5, 5.41) is 1.05. The number of piperazine rings is 1. The quantitative estimate of drug-likeness (QED) is 0.520. The van der Waals surface area contributed by atoms with Gasteiger partial charge in [0.05, 0.1) is 32.6 Å². The topological polar surface area (TPSA) is 84.1 Å². The van der Waals surface area contributed by atoms with E-state index in [1.165, 1.54) is 0 Å². The minimum atomic E-state index is -1.12. The van der Waals surface area contributed by atoms with Gasteiger partial charge in [0.1, 0.15) is 0 Å². The summed E-state index contributed by atoms with van der Waals surface area (Å²) in [7, 11) is 3.23. The molecule has 2 aromatic carbocycles. The Kier molecular flexibility index (Phi) is 6.38. The smallest absolute Gasteiger partial charge is 0.255 e. The highest BCUT2D eigenvalue weighted by atomic mass is 16.5. The monoisotopic (exact) mass is 491 g/mol. The van der Waals surface area contributed by atoms with Gasteiger partial charge in [-0.05, 0) is 42.7 Å². The molecule has 1 fully saturated rings. The SMILES string of the molecule is CCCOc1ccc([C@H]2CN3C(=O)CN(CCOC)C(=O)[C@]3(C)c3[nH]c4ccccc4c32)cc1OC. The van der Waals surface area contributed by atoms with Gasteiger partial charge in [0.2, 0.25) is 5.91 Å². The fraction of sp³-hybridized carbons (Fsp3) is 0.429. The molecule has 2 amide bonds. The molecule has 0 radical (unpaired) electrons. The largest absolute Gasteiger partial charge is 0.493 e. The summed E-state index contributed by atoms with van der Waals surface area (Å²) in [5.74, 6) is 1.05. The second-order valence-electron chi connectivity index (χ2n) is 9.57. The van der Waals surface area contributed by atoms with Crippen LogP contribution in [0.4, 0.5) is 0 Å². The van der Waals surface area contributed by atoms with Crippen molar-refractivity contribution in [3.63, 3.8) is 0 Å². The lowest BCUT2D eigenvalue weighted by Crippen LogP contribution is -2.67. The molecule has 0 unspecified atom stereocenters. The van der Waals surface area contributed by atoms with E-state index in [0.29, 0.717) is 37.8 Å². The van der Waals surface area contributed by atoms with E-state index in [2.05, 4.69) is 18.0 Å². The molecule has 190 valence electrons. The Morgan fingerprint density at radius 1 is 1.08 bits per heavy atom. The fourth-order valence-corrected chi connectivity index (χ4v) is 5.59. The summed E-state index contributed by atoms with van der Waals surface area (Å²) in [6, 6.07) is 14.0. The first kappa shape index (κ1) is 24.2. The van der Waals surface area contributed by atoms with Crippen molar-refractivity contribution in [1.82, 2.24) is 14.8 Å². The minimum Gasteiger partial charge on any atom is -0.493 e. The van der Waals surface area contributed by atoms with E-state index in [-0.39, 0.29) is 24.3 Å². The van der Waals surface area contributed by atoms with Crippen LogP contribution in [0.1, 0.15) is 43.0 Å². The van der Waals surface area contributed by atoms with Crippen LogP contribution >= 0.6 is 0 Å². The molecule has 1 aromatic heterocycles. The average molecular weight is 492 g/mol. The molecule has 1 saturated heterocycles. The Labute approximate surface area is 211 Å². The van der Waals surface area contributed by atoms with Gasteiger partial charge >= 0.3 is 0 Å². The molecule has 3 heterocycles. The maximum atomic E-state index is 13.9. The summed E-state index contributed by atoms with van der Waals surface area (Å²) in [6.45, 7) is 5.72. The van der Waals surface area contributed by atoms with Crippen LogP contribution in [0.3, 0.4) is 0 Å². The number of hydrogen-bond acceptors (Lipinski definition) is 5. The van der Waals surface area contributed by atoms with Gasteiger partial charge in [0.15, 0.2) is 17.0 Å². The Morgan fingerprint density at radius 2 is 1.89 bits per heavy atom. The molecule has 8 heteroatoms. The van der Waals surface area contributed by atoms with Crippen molar-refractivity contribution in [2.24, 2.45) is 0 Å². The minimum absolute atomic E-state index is 0.0488. The van der Waals surface area contributed by atoms with Crippen LogP contribution in [0.5, 0.6) is 11.5 Å². The number of para-hydroxylation sites is 1. The van der Waals surface area contributed by atoms with E-state index in [0.717, 1.165) is 34.1 Å². The van der Waals surface area contributed by atoms with Crippen LogP contribution in [0.25, 0.3) is 10.9 Å². The van der Waals surface area contributed by atoms with Crippen LogP contribution < -0.4 is 9.47 Å². The van der Waals surface area contributed by atoms with Crippen molar-refractivity contribution in [2.75, 3.05) is 47.1 Å². The van der Waals surface area contributed by atoms with Crippen molar-refractivity contribution in [1.29, 1.82) is 0 Å². The molecule has 8 nitrogen and oxygen atoms in total. The normalized spacial score (nSPS) is 21.5. The predicted molar refractivity (Wildman–Crippen MR) is 136 cm³/mol. The van der Waals surface area contributed by atoms with Crippen molar-refractivity contribution in [3.8, 4) is 11.5 Å². The van der Waals surface area contributed by atoms with Crippen LogP contribution in [0.2, 0.25) is 0 Å². The first-order valence-corrected chi connectivity index (χ1v) is 12.4. The van der Waals surface area contributed by atoms with E-state index >= 15 is 0 Å². The molecule has 3 aromatic rings. The fourth-order valence-electron chi connectivity index (χ4n) is 5.59. The number of nitrogens with one attached hydrogen (secondary N) is 1. The number of carbonyl (C=O) groups is 2. The van der Waals surface area contributed by atoms with Gasteiger partial charge in [-0.15, -0.1) is 0 Å². The third-order valence-corrected chi connectivity index (χ3v) is 7.43. The van der Waals surface area contributed by atoms with Gasteiger partial charge in [0, 0.05) is 37.0 Å². The molecule has 2 aliphatic heterocycles. The number of aromatic amines is 1. The maximum Gasteiger partial charge on any atom is 0.255 e. The summed E-state index contributed by atoms with van der Waals surface area (Å²) in [5.41, 5.74) is 2.64. The number of benzene rings is 2. The second-order valence-corrected chi connectivity index (χ2v) is 9.57. The highest BCUT2D eigenvalue weighted by molar-refractivity contribution is 6.01. The summed E-state index contributed by atoms with van der Waals surface area (Å²) >= 11 is 0. The van der Waals surface area contributed by atoms with Crippen LogP contribution in [-0.4, -0.2) is 73.7 Å². The van der Waals surface area contributed by atoms with E-state index < -0.39 is 5.54 Å². The number of nitrogens with zero attached hydrogens (tertiary/aromatic N) is 2. The summed E-state index contributed by atoms with van der Waals surface area (Å²) in [4.78, 5) is 34.2. The molecule has 0 aliphatic carbocycles. The van der Waals surface area contributed by atoms with E-state index in [1.807, 2.05) is 43.3 Å². The molecule has 2 atom stereocenters. The third kappa shape index (κ3) is 3.71. The Hall–Kier alpha value is -3.52. The number of amides is 2. The summed E-state index contributed by atoms with van der Waals surface area (Å²) < 4.78 is 16.7. The van der Waals surface area contributed by atoms with Gasteiger partial charge in [-0.3, -0.25) is 9.59 Å². The number of fused-ring (bicyclic) bond motifs is 5. The van der Waals surface area contributed by atoms with E-state index in [9.17, 15) is 9.59 Å². The number of rotatable bonds is 8. The molecule has 5 rings (SSSR count). The number of ether oxygens (including phenoxy) is 3. The lowest BCUT2D eigenvalue weighted by molar-refractivity contribution is -0.166. The predicted octanol–water partition coefficient (Wildman–Crippen LogP) is 3.64.